The average molecular weight is 340 g/mol. The van der Waals surface area contributed by atoms with Crippen LogP contribution in [0.3, 0.4) is 0 Å². The summed E-state index contributed by atoms with van der Waals surface area (Å²) in [6, 6.07) is 1.88. The van der Waals surface area contributed by atoms with Crippen LogP contribution < -0.4 is 0 Å². The Hall–Kier alpha value is -2.87. The van der Waals surface area contributed by atoms with E-state index in [1.54, 1.807) is 24.9 Å². The van der Waals surface area contributed by atoms with Gasteiger partial charge >= 0.3 is 0 Å². The molecule has 1 unspecified atom stereocenters. The molecule has 0 spiro atoms. The van der Waals surface area contributed by atoms with Crippen molar-refractivity contribution in [1.82, 2.24) is 29.5 Å². The molecule has 130 valence electrons. The molecule has 1 amide bonds. The Morgan fingerprint density at radius 1 is 1.36 bits per heavy atom. The lowest BCUT2D eigenvalue weighted by Crippen LogP contribution is -2.49. The van der Waals surface area contributed by atoms with Crippen molar-refractivity contribution in [2.75, 3.05) is 26.7 Å². The Morgan fingerprint density at radius 3 is 2.96 bits per heavy atom. The fraction of sp³-hybridized carbons (Fsp3) is 0.353. The summed E-state index contributed by atoms with van der Waals surface area (Å²) in [5, 5.41) is 6.95. The van der Waals surface area contributed by atoms with Gasteiger partial charge in [0.05, 0.1) is 36.0 Å². The summed E-state index contributed by atoms with van der Waals surface area (Å²) < 4.78 is 7.13. The first-order valence-electron chi connectivity index (χ1n) is 8.18. The molecule has 4 rings (SSSR count). The Kier molecular flexibility index (Phi) is 3.89. The second-order valence-corrected chi connectivity index (χ2v) is 6.31. The first-order chi connectivity index (χ1) is 12.1. The molecule has 0 bridgehead atoms. The Balaban J connectivity index is 1.59. The number of H-pyrrole nitrogens is 1. The smallest absolute Gasteiger partial charge is 0.257 e. The SMILES string of the molecule is CN1CCN(C(=O)c2cn[nH]c2-c2ccoc2)CC1c1nccn1C. The summed E-state index contributed by atoms with van der Waals surface area (Å²) in [6.07, 6.45) is 8.48. The molecular weight excluding hydrogens is 320 g/mol. The van der Waals surface area contributed by atoms with Crippen molar-refractivity contribution < 1.29 is 9.21 Å². The summed E-state index contributed by atoms with van der Waals surface area (Å²) in [5.41, 5.74) is 2.06. The van der Waals surface area contributed by atoms with Crippen LogP contribution in [0.15, 0.2) is 41.6 Å². The van der Waals surface area contributed by atoms with Crippen LogP contribution in [0, 0.1) is 0 Å². The highest BCUT2D eigenvalue weighted by molar-refractivity contribution is 5.99. The molecule has 0 radical (unpaired) electrons. The quantitative estimate of drug-likeness (QED) is 0.782. The number of carbonyl (C=O) groups is 1. The fourth-order valence-electron chi connectivity index (χ4n) is 3.28. The first kappa shape index (κ1) is 15.6. The minimum absolute atomic E-state index is 0.0303. The molecule has 0 aliphatic carbocycles. The van der Waals surface area contributed by atoms with E-state index >= 15 is 0 Å². The third-order valence-corrected chi connectivity index (χ3v) is 4.77. The van der Waals surface area contributed by atoms with E-state index in [2.05, 4.69) is 27.1 Å². The van der Waals surface area contributed by atoms with Crippen molar-refractivity contribution in [2.24, 2.45) is 7.05 Å². The number of hydrogen-bond acceptors (Lipinski definition) is 5. The maximum atomic E-state index is 13.1. The normalized spacial score (nSPS) is 18.6. The number of hydrogen-bond donors (Lipinski definition) is 1. The van der Waals surface area contributed by atoms with Crippen LogP contribution in [0.2, 0.25) is 0 Å². The van der Waals surface area contributed by atoms with E-state index in [4.69, 9.17) is 4.42 Å². The minimum Gasteiger partial charge on any atom is -0.472 e. The maximum Gasteiger partial charge on any atom is 0.257 e. The molecule has 1 aliphatic rings. The molecule has 1 N–H and O–H groups in total. The van der Waals surface area contributed by atoms with Crippen molar-refractivity contribution in [3.63, 3.8) is 0 Å². The third-order valence-electron chi connectivity index (χ3n) is 4.77. The van der Waals surface area contributed by atoms with Gasteiger partial charge in [-0.2, -0.15) is 5.10 Å². The summed E-state index contributed by atoms with van der Waals surface area (Å²) in [5.74, 6) is 0.930. The molecule has 1 aliphatic heterocycles. The number of carbonyl (C=O) groups excluding carboxylic acids is 1. The number of aryl methyl sites for hydroxylation is 1. The highest BCUT2D eigenvalue weighted by atomic mass is 16.3. The maximum absolute atomic E-state index is 13.1. The number of nitrogens with one attached hydrogen (secondary N) is 1. The van der Waals surface area contributed by atoms with Crippen LogP contribution in [-0.2, 0) is 7.05 Å². The molecule has 1 fully saturated rings. The van der Waals surface area contributed by atoms with E-state index in [-0.39, 0.29) is 11.9 Å². The van der Waals surface area contributed by atoms with Gasteiger partial charge in [-0.25, -0.2) is 4.98 Å². The van der Waals surface area contributed by atoms with Gasteiger partial charge in [0.1, 0.15) is 5.82 Å². The molecule has 25 heavy (non-hydrogen) atoms. The monoisotopic (exact) mass is 340 g/mol. The Labute approximate surface area is 145 Å². The lowest BCUT2D eigenvalue weighted by Gasteiger charge is -2.39. The average Bonchev–Trinajstić information content (AvgIpc) is 3.35. The van der Waals surface area contributed by atoms with Crippen LogP contribution in [0.1, 0.15) is 22.2 Å². The second kappa shape index (κ2) is 6.21. The third kappa shape index (κ3) is 2.74. The van der Waals surface area contributed by atoms with Gasteiger partial charge in [0.2, 0.25) is 0 Å². The molecular formula is C17H20N6O2. The lowest BCUT2D eigenvalue weighted by molar-refractivity contribution is 0.0529. The number of furan rings is 1. The number of aromatic nitrogens is 4. The zero-order chi connectivity index (χ0) is 17.4. The number of rotatable bonds is 3. The highest BCUT2D eigenvalue weighted by Gasteiger charge is 2.32. The van der Waals surface area contributed by atoms with E-state index in [1.807, 2.05) is 28.8 Å². The van der Waals surface area contributed by atoms with E-state index < -0.39 is 0 Å². The van der Waals surface area contributed by atoms with Crippen molar-refractivity contribution in [1.29, 1.82) is 0 Å². The van der Waals surface area contributed by atoms with E-state index in [0.717, 1.165) is 17.9 Å². The van der Waals surface area contributed by atoms with Gasteiger partial charge in [-0.05, 0) is 13.1 Å². The van der Waals surface area contributed by atoms with Crippen molar-refractivity contribution >= 4 is 5.91 Å². The van der Waals surface area contributed by atoms with Crippen molar-refractivity contribution in [3.05, 3.63) is 48.6 Å². The van der Waals surface area contributed by atoms with Gasteiger partial charge in [-0.1, -0.05) is 0 Å². The van der Waals surface area contributed by atoms with E-state index in [9.17, 15) is 4.79 Å². The number of amides is 1. The molecule has 1 atom stereocenters. The number of piperazine rings is 1. The first-order valence-corrected chi connectivity index (χ1v) is 8.18. The van der Waals surface area contributed by atoms with Gasteiger partial charge in [0, 0.05) is 44.6 Å². The summed E-state index contributed by atoms with van der Waals surface area (Å²) >= 11 is 0. The zero-order valence-electron chi connectivity index (χ0n) is 14.2. The van der Waals surface area contributed by atoms with Crippen molar-refractivity contribution in [3.8, 4) is 11.3 Å². The summed E-state index contributed by atoms with van der Waals surface area (Å²) in [7, 11) is 4.04. The van der Waals surface area contributed by atoms with Crippen LogP contribution in [-0.4, -0.2) is 62.1 Å². The molecule has 4 heterocycles. The van der Waals surface area contributed by atoms with Crippen LogP contribution in [0.25, 0.3) is 11.3 Å². The summed E-state index contributed by atoms with van der Waals surface area (Å²) in [4.78, 5) is 21.6. The molecule has 1 saturated heterocycles. The zero-order valence-corrected chi connectivity index (χ0v) is 14.2. The van der Waals surface area contributed by atoms with E-state index in [0.29, 0.717) is 24.3 Å². The van der Waals surface area contributed by atoms with Gasteiger partial charge in [-0.3, -0.25) is 14.8 Å². The Bertz CT molecular complexity index is 865. The number of likely N-dealkylation sites (N-methyl/N-ethyl adjacent to an activating group) is 1. The Morgan fingerprint density at radius 2 is 2.24 bits per heavy atom. The molecule has 3 aromatic heterocycles. The number of aromatic amines is 1. The molecule has 3 aromatic rings. The predicted molar refractivity (Wildman–Crippen MR) is 90.8 cm³/mol. The number of imidazole rings is 1. The van der Waals surface area contributed by atoms with Crippen LogP contribution in [0.4, 0.5) is 0 Å². The van der Waals surface area contributed by atoms with Crippen LogP contribution in [0.5, 0.6) is 0 Å². The molecule has 8 nitrogen and oxygen atoms in total. The van der Waals surface area contributed by atoms with Gasteiger partial charge in [0.15, 0.2) is 0 Å². The second-order valence-electron chi connectivity index (χ2n) is 6.31. The van der Waals surface area contributed by atoms with E-state index in [1.165, 1.54) is 0 Å². The lowest BCUT2D eigenvalue weighted by atomic mass is 10.1. The van der Waals surface area contributed by atoms with Gasteiger partial charge in [-0.15, -0.1) is 0 Å². The molecule has 8 heteroatoms. The van der Waals surface area contributed by atoms with Crippen LogP contribution >= 0.6 is 0 Å². The largest absolute Gasteiger partial charge is 0.472 e. The minimum atomic E-state index is -0.0303. The van der Waals surface area contributed by atoms with Gasteiger partial charge in [0.25, 0.3) is 5.91 Å². The summed E-state index contributed by atoms with van der Waals surface area (Å²) in [6.45, 7) is 2.06. The molecule has 0 saturated carbocycles. The van der Waals surface area contributed by atoms with Crippen molar-refractivity contribution in [2.45, 2.75) is 6.04 Å². The topological polar surface area (TPSA) is 83.2 Å². The standard InChI is InChI=1S/C17H20N6O2/c1-21-6-7-23(10-14(21)16-18-4-5-22(16)2)17(24)13-9-19-20-15(13)12-3-8-25-11-12/h3-5,8-9,11,14H,6-7,10H2,1-2H3,(H,19,20). The molecule has 0 aromatic carbocycles. The predicted octanol–water partition coefficient (Wildman–Crippen LogP) is 1.53. The van der Waals surface area contributed by atoms with Gasteiger partial charge < -0.3 is 13.9 Å². The fourth-order valence-corrected chi connectivity index (χ4v) is 3.28. The number of nitrogens with zero attached hydrogens (tertiary/aromatic N) is 5. The highest BCUT2D eigenvalue weighted by Crippen LogP contribution is 2.26.